The van der Waals surface area contributed by atoms with Gasteiger partial charge >= 0.3 is 0 Å². The lowest BCUT2D eigenvalue weighted by molar-refractivity contribution is -0.138. The molecule has 1 amide bonds. The zero-order valence-corrected chi connectivity index (χ0v) is 18.5. The summed E-state index contributed by atoms with van der Waals surface area (Å²) in [6.45, 7) is 7.81. The molecule has 0 radical (unpaired) electrons. The minimum atomic E-state index is -3.60. The molecule has 3 rings (SSSR count). The molecule has 1 aliphatic carbocycles. The smallest absolute Gasteiger partial charge is 0.240 e. The molecule has 1 N–H and O–H groups in total. The molecule has 162 valence electrons. The SMILES string of the molecule is COc1cccc(S(=O)(=O)N[C@H]2CC[C@H](C(=O)N3CCN(C(C)C)CC3)CC2)c1. The summed E-state index contributed by atoms with van der Waals surface area (Å²) < 4.78 is 33.3. The average Bonchev–Trinajstić information content (AvgIpc) is 2.73. The number of hydrogen-bond donors (Lipinski definition) is 1. The van der Waals surface area contributed by atoms with Crippen LogP contribution in [0.2, 0.25) is 0 Å². The Morgan fingerprint density at radius 3 is 2.34 bits per heavy atom. The number of hydrogen-bond acceptors (Lipinski definition) is 5. The van der Waals surface area contributed by atoms with E-state index in [2.05, 4.69) is 23.5 Å². The predicted molar refractivity (Wildman–Crippen MR) is 112 cm³/mol. The van der Waals surface area contributed by atoms with Gasteiger partial charge in [-0.2, -0.15) is 0 Å². The molecule has 0 spiro atoms. The number of rotatable bonds is 6. The van der Waals surface area contributed by atoms with Crippen LogP contribution in [0.3, 0.4) is 0 Å². The first-order chi connectivity index (χ1) is 13.8. The topological polar surface area (TPSA) is 78.9 Å². The first-order valence-electron chi connectivity index (χ1n) is 10.5. The van der Waals surface area contributed by atoms with E-state index in [-0.39, 0.29) is 22.8 Å². The van der Waals surface area contributed by atoms with Crippen LogP contribution in [-0.2, 0) is 14.8 Å². The zero-order chi connectivity index (χ0) is 21.0. The normalized spacial score (nSPS) is 23.9. The van der Waals surface area contributed by atoms with Gasteiger partial charge in [-0.15, -0.1) is 0 Å². The van der Waals surface area contributed by atoms with E-state index in [1.165, 1.54) is 13.2 Å². The molecule has 0 unspecified atom stereocenters. The first-order valence-corrected chi connectivity index (χ1v) is 12.0. The van der Waals surface area contributed by atoms with Gasteiger partial charge in [-0.3, -0.25) is 9.69 Å². The summed E-state index contributed by atoms with van der Waals surface area (Å²) in [6.07, 6.45) is 2.83. The van der Waals surface area contributed by atoms with E-state index in [1.807, 2.05) is 4.90 Å². The molecule has 1 saturated heterocycles. The Morgan fingerprint density at radius 2 is 1.76 bits per heavy atom. The van der Waals surface area contributed by atoms with Crippen molar-refractivity contribution in [2.24, 2.45) is 5.92 Å². The van der Waals surface area contributed by atoms with E-state index in [4.69, 9.17) is 4.74 Å². The summed E-state index contributed by atoms with van der Waals surface area (Å²) >= 11 is 0. The number of methoxy groups -OCH3 is 1. The Morgan fingerprint density at radius 1 is 1.10 bits per heavy atom. The van der Waals surface area contributed by atoms with Crippen molar-refractivity contribution in [2.45, 2.75) is 56.5 Å². The van der Waals surface area contributed by atoms with Crippen LogP contribution in [0.25, 0.3) is 0 Å². The first kappa shape index (κ1) is 22.1. The van der Waals surface area contributed by atoms with Gasteiger partial charge in [0.1, 0.15) is 5.75 Å². The molecule has 0 aromatic heterocycles. The molecule has 7 nitrogen and oxygen atoms in total. The van der Waals surface area contributed by atoms with E-state index < -0.39 is 10.0 Å². The second kappa shape index (κ2) is 9.45. The maximum absolute atomic E-state index is 12.9. The van der Waals surface area contributed by atoms with Crippen molar-refractivity contribution in [3.8, 4) is 5.75 Å². The summed E-state index contributed by atoms with van der Waals surface area (Å²) in [4.78, 5) is 17.5. The summed E-state index contributed by atoms with van der Waals surface area (Å²) in [7, 11) is -2.08. The molecular formula is C21H33N3O4S. The van der Waals surface area contributed by atoms with Crippen molar-refractivity contribution >= 4 is 15.9 Å². The molecule has 2 aliphatic rings. The fraction of sp³-hybridized carbons (Fsp3) is 0.667. The number of ether oxygens (including phenoxy) is 1. The van der Waals surface area contributed by atoms with Crippen molar-refractivity contribution in [1.29, 1.82) is 0 Å². The largest absolute Gasteiger partial charge is 0.497 e. The van der Waals surface area contributed by atoms with Crippen LogP contribution < -0.4 is 9.46 Å². The number of amides is 1. The van der Waals surface area contributed by atoms with Crippen LogP contribution in [0.5, 0.6) is 5.75 Å². The van der Waals surface area contributed by atoms with Crippen LogP contribution >= 0.6 is 0 Å². The second-order valence-corrected chi connectivity index (χ2v) is 10.0. The van der Waals surface area contributed by atoms with Gasteiger partial charge in [-0.1, -0.05) is 6.07 Å². The number of nitrogens with one attached hydrogen (secondary N) is 1. The number of carbonyl (C=O) groups excluding carboxylic acids is 1. The van der Waals surface area contributed by atoms with Gasteiger partial charge in [-0.05, 0) is 51.7 Å². The lowest BCUT2D eigenvalue weighted by Crippen LogP contribution is -2.52. The molecule has 2 fully saturated rings. The van der Waals surface area contributed by atoms with Crippen molar-refractivity contribution in [3.63, 3.8) is 0 Å². The molecule has 1 saturated carbocycles. The van der Waals surface area contributed by atoms with Crippen LogP contribution in [0, 0.1) is 5.92 Å². The van der Waals surface area contributed by atoms with Gasteiger partial charge in [0, 0.05) is 50.2 Å². The summed E-state index contributed by atoms with van der Waals surface area (Å²) in [5.74, 6) is 0.764. The van der Waals surface area contributed by atoms with Crippen LogP contribution in [0.1, 0.15) is 39.5 Å². The molecule has 0 bridgehead atoms. The maximum Gasteiger partial charge on any atom is 0.240 e. The molecule has 1 aromatic rings. The molecule has 8 heteroatoms. The van der Waals surface area contributed by atoms with Crippen molar-refractivity contribution in [1.82, 2.24) is 14.5 Å². The second-order valence-electron chi connectivity index (χ2n) is 8.30. The number of carbonyl (C=O) groups is 1. The van der Waals surface area contributed by atoms with Gasteiger partial charge in [0.25, 0.3) is 0 Å². The fourth-order valence-corrected chi connectivity index (χ4v) is 5.57. The van der Waals surface area contributed by atoms with E-state index in [0.717, 1.165) is 39.0 Å². The third-order valence-corrected chi connectivity index (χ3v) is 7.62. The highest BCUT2D eigenvalue weighted by molar-refractivity contribution is 7.89. The van der Waals surface area contributed by atoms with E-state index in [0.29, 0.717) is 24.6 Å². The quantitative estimate of drug-likeness (QED) is 0.758. The molecule has 29 heavy (non-hydrogen) atoms. The lowest BCUT2D eigenvalue weighted by Gasteiger charge is -2.39. The van der Waals surface area contributed by atoms with Crippen LogP contribution in [-0.4, -0.2) is 69.5 Å². The van der Waals surface area contributed by atoms with Crippen molar-refractivity contribution in [2.75, 3.05) is 33.3 Å². The monoisotopic (exact) mass is 423 g/mol. The van der Waals surface area contributed by atoms with Crippen molar-refractivity contribution in [3.05, 3.63) is 24.3 Å². The third kappa shape index (κ3) is 5.49. The zero-order valence-electron chi connectivity index (χ0n) is 17.6. The van der Waals surface area contributed by atoms with Gasteiger partial charge in [-0.25, -0.2) is 13.1 Å². The van der Waals surface area contributed by atoms with Crippen LogP contribution in [0.4, 0.5) is 0 Å². The highest BCUT2D eigenvalue weighted by Crippen LogP contribution is 2.28. The Kier molecular flexibility index (Phi) is 7.19. The molecular weight excluding hydrogens is 390 g/mol. The Hall–Kier alpha value is -1.64. The Balaban J connectivity index is 1.50. The number of sulfonamides is 1. The Labute approximate surface area is 174 Å². The predicted octanol–water partition coefficient (Wildman–Crippen LogP) is 2.08. The van der Waals surface area contributed by atoms with Gasteiger partial charge < -0.3 is 9.64 Å². The number of benzene rings is 1. The highest BCUT2D eigenvalue weighted by atomic mass is 32.2. The highest BCUT2D eigenvalue weighted by Gasteiger charge is 2.32. The minimum absolute atomic E-state index is 0.0122. The third-order valence-electron chi connectivity index (χ3n) is 6.11. The lowest BCUT2D eigenvalue weighted by atomic mass is 9.85. The van der Waals surface area contributed by atoms with Gasteiger partial charge in [0.15, 0.2) is 0 Å². The Bertz CT molecular complexity index is 796. The summed E-state index contributed by atoms with van der Waals surface area (Å²) in [5, 5.41) is 0. The fourth-order valence-electron chi connectivity index (χ4n) is 4.23. The van der Waals surface area contributed by atoms with Gasteiger partial charge in [0.05, 0.1) is 12.0 Å². The van der Waals surface area contributed by atoms with Crippen LogP contribution in [0.15, 0.2) is 29.2 Å². The summed E-state index contributed by atoms with van der Waals surface area (Å²) in [5.41, 5.74) is 0. The van der Waals surface area contributed by atoms with Gasteiger partial charge in [0.2, 0.25) is 15.9 Å². The molecule has 1 aliphatic heterocycles. The molecule has 0 atom stereocenters. The molecule has 1 aromatic carbocycles. The number of piperazine rings is 1. The van der Waals surface area contributed by atoms with Crippen molar-refractivity contribution < 1.29 is 17.9 Å². The summed E-state index contributed by atoms with van der Waals surface area (Å²) in [6, 6.07) is 6.86. The number of nitrogens with zero attached hydrogens (tertiary/aromatic N) is 2. The maximum atomic E-state index is 12.9. The van der Waals surface area contributed by atoms with E-state index in [9.17, 15) is 13.2 Å². The minimum Gasteiger partial charge on any atom is -0.497 e. The standard InChI is InChI=1S/C21H33N3O4S/c1-16(2)23-11-13-24(14-12-23)21(25)17-7-9-18(10-8-17)22-29(26,27)20-6-4-5-19(15-20)28-3/h4-6,15-18,22H,7-14H2,1-3H3/t17-,18-. The average molecular weight is 424 g/mol. The molecule has 1 heterocycles. The van der Waals surface area contributed by atoms with E-state index >= 15 is 0 Å². The van der Waals surface area contributed by atoms with E-state index in [1.54, 1.807) is 18.2 Å².